The molecule has 0 saturated carbocycles. The monoisotopic (exact) mass is 248 g/mol. The van der Waals surface area contributed by atoms with E-state index < -0.39 is 0 Å². The van der Waals surface area contributed by atoms with Gasteiger partial charge in [0.05, 0.1) is 0 Å². The number of amides is 1. The summed E-state index contributed by atoms with van der Waals surface area (Å²) in [6.07, 6.45) is 0.417. The first kappa shape index (κ1) is 14.7. The fourth-order valence-corrected chi connectivity index (χ4v) is 1.72. The van der Waals surface area contributed by atoms with Gasteiger partial charge >= 0.3 is 0 Å². The van der Waals surface area contributed by atoms with E-state index in [4.69, 9.17) is 5.73 Å². The molecule has 1 atom stereocenters. The first-order valence-corrected chi connectivity index (χ1v) is 6.46. The van der Waals surface area contributed by atoms with Gasteiger partial charge in [-0.25, -0.2) is 0 Å². The van der Waals surface area contributed by atoms with Crippen LogP contribution >= 0.6 is 0 Å². The number of nitrogens with two attached hydrogens (primary N) is 1. The van der Waals surface area contributed by atoms with Gasteiger partial charge in [0.25, 0.3) is 0 Å². The first-order valence-electron chi connectivity index (χ1n) is 6.46. The predicted octanol–water partition coefficient (Wildman–Crippen LogP) is 2.33. The highest BCUT2D eigenvalue weighted by atomic mass is 16.2. The van der Waals surface area contributed by atoms with Crippen LogP contribution in [0.4, 0.5) is 0 Å². The van der Waals surface area contributed by atoms with Crippen molar-refractivity contribution in [3.63, 3.8) is 0 Å². The molecule has 18 heavy (non-hydrogen) atoms. The van der Waals surface area contributed by atoms with E-state index in [2.05, 4.69) is 19.1 Å². The van der Waals surface area contributed by atoms with Gasteiger partial charge in [-0.05, 0) is 24.0 Å². The van der Waals surface area contributed by atoms with E-state index in [1.165, 1.54) is 11.1 Å². The van der Waals surface area contributed by atoms with Gasteiger partial charge in [0.2, 0.25) is 5.91 Å². The maximum Gasteiger partial charge on any atom is 0.224 e. The minimum absolute atomic E-state index is 0.0585. The van der Waals surface area contributed by atoms with E-state index in [1.54, 1.807) is 4.90 Å². The summed E-state index contributed by atoms with van der Waals surface area (Å²) in [5.74, 6) is 0.445. The Morgan fingerprint density at radius 2 is 1.94 bits per heavy atom. The molecule has 1 amide bonds. The summed E-state index contributed by atoms with van der Waals surface area (Å²) in [6.45, 7) is 6.79. The van der Waals surface area contributed by atoms with Crippen LogP contribution in [0.2, 0.25) is 0 Å². The molecule has 0 heterocycles. The third kappa shape index (κ3) is 4.15. The van der Waals surface area contributed by atoms with Crippen LogP contribution in [0.25, 0.3) is 0 Å². The Kier molecular flexibility index (Phi) is 5.35. The van der Waals surface area contributed by atoms with Crippen molar-refractivity contribution in [1.29, 1.82) is 0 Å². The van der Waals surface area contributed by atoms with E-state index >= 15 is 0 Å². The number of nitrogens with zero attached hydrogens (tertiary/aromatic N) is 1. The summed E-state index contributed by atoms with van der Waals surface area (Å²) >= 11 is 0. The highest BCUT2D eigenvalue weighted by molar-refractivity contribution is 5.76. The lowest BCUT2D eigenvalue weighted by molar-refractivity contribution is -0.131. The van der Waals surface area contributed by atoms with E-state index in [0.29, 0.717) is 18.9 Å². The van der Waals surface area contributed by atoms with Crippen molar-refractivity contribution in [2.75, 3.05) is 7.05 Å². The van der Waals surface area contributed by atoms with Gasteiger partial charge in [-0.2, -0.15) is 0 Å². The molecule has 0 aliphatic heterocycles. The zero-order valence-corrected chi connectivity index (χ0v) is 11.8. The van der Waals surface area contributed by atoms with Crippen molar-refractivity contribution in [1.82, 2.24) is 4.90 Å². The van der Waals surface area contributed by atoms with Gasteiger partial charge in [-0.15, -0.1) is 0 Å². The van der Waals surface area contributed by atoms with Crippen LogP contribution in [0.3, 0.4) is 0 Å². The fraction of sp³-hybridized carbons (Fsp3) is 0.533. The number of carbonyl (C=O) groups is 1. The Morgan fingerprint density at radius 3 is 2.50 bits per heavy atom. The van der Waals surface area contributed by atoms with Crippen molar-refractivity contribution in [2.24, 2.45) is 11.7 Å². The van der Waals surface area contributed by atoms with E-state index in [-0.39, 0.29) is 11.9 Å². The molecule has 0 aliphatic rings. The molecule has 100 valence electrons. The lowest BCUT2D eigenvalue weighted by Gasteiger charge is -2.22. The summed E-state index contributed by atoms with van der Waals surface area (Å²) in [4.78, 5) is 13.8. The van der Waals surface area contributed by atoms with Gasteiger partial charge in [0, 0.05) is 26.1 Å². The number of carbonyl (C=O) groups excluding carboxylic acids is 1. The van der Waals surface area contributed by atoms with Crippen molar-refractivity contribution >= 4 is 5.91 Å². The minimum Gasteiger partial charge on any atom is -0.341 e. The summed E-state index contributed by atoms with van der Waals surface area (Å²) in [5.41, 5.74) is 8.33. The second-order valence-electron chi connectivity index (χ2n) is 5.29. The van der Waals surface area contributed by atoms with Crippen LogP contribution in [0, 0.1) is 12.8 Å². The highest BCUT2D eigenvalue weighted by Gasteiger charge is 2.16. The molecule has 0 spiro atoms. The molecule has 1 aromatic carbocycles. The van der Waals surface area contributed by atoms with Crippen LogP contribution in [0.1, 0.15) is 31.4 Å². The van der Waals surface area contributed by atoms with Crippen molar-refractivity contribution in [2.45, 2.75) is 39.8 Å². The van der Waals surface area contributed by atoms with Crippen LogP contribution in [0.15, 0.2) is 24.3 Å². The van der Waals surface area contributed by atoms with Crippen LogP contribution in [-0.2, 0) is 11.3 Å². The van der Waals surface area contributed by atoms with E-state index in [9.17, 15) is 4.79 Å². The molecule has 0 fully saturated rings. The average molecular weight is 248 g/mol. The molecular formula is C15H24N2O. The third-order valence-electron chi connectivity index (χ3n) is 3.36. The molecule has 0 bridgehead atoms. The smallest absolute Gasteiger partial charge is 0.224 e. The van der Waals surface area contributed by atoms with Gasteiger partial charge in [0.1, 0.15) is 0 Å². The molecule has 0 aromatic heterocycles. The summed E-state index contributed by atoms with van der Waals surface area (Å²) in [7, 11) is 1.84. The van der Waals surface area contributed by atoms with Crippen LogP contribution < -0.4 is 5.73 Å². The number of rotatable bonds is 5. The SMILES string of the molecule is Cc1ccccc1CN(C)C(=O)CC(N)C(C)C. The van der Waals surface area contributed by atoms with Gasteiger partial charge in [-0.3, -0.25) is 4.79 Å². The Morgan fingerprint density at radius 1 is 1.33 bits per heavy atom. The molecule has 0 aliphatic carbocycles. The van der Waals surface area contributed by atoms with Crippen molar-refractivity contribution < 1.29 is 4.79 Å². The molecule has 0 saturated heterocycles. The quantitative estimate of drug-likeness (QED) is 0.869. The second-order valence-corrected chi connectivity index (χ2v) is 5.29. The predicted molar refractivity (Wildman–Crippen MR) is 75.1 cm³/mol. The molecule has 0 radical (unpaired) electrons. The molecule has 1 aromatic rings. The van der Waals surface area contributed by atoms with E-state index in [0.717, 1.165) is 0 Å². The average Bonchev–Trinajstić information content (AvgIpc) is 2.31. The molecule has 1 unspecified atom stereocenters. The number of hydrogen-bond donors (Lipinski definition) is 1. The zero-order chi connectivity index (χ0) is 13.7. The third-order valence-corrected chi connectivity index (χ3v) is 3.36. The number of aryl methyl sites for hydroxylation is 1. The molecule has 3 nitrogen and oxygen atoms in total. The topological polar surface area (TPSA) is 46.3 Å². The maximum absolute atomic E-state index is 12.0. The Bertz CT molecular complexity index is 401. The van der Waals surface area contributed by atoms with Gasteiger partial charge in [-0.1, -0.05) is 38.1 Å². The van der Waals surface area contributed by atoms with Crippen molar-refractivity contribution in [3.05, 3.63) is 35.4 Å². The molecule has 2 N–H and O–H groups in total. The Balaban J connectivity index is 2.58. The molecular weight excluding hydrogens is 224 g/mol. The minimum atomic E-state index is -0.0585. The lowest BCUT2D eigenvalue weighted by atomic mass is 10.0. The van der Waals surface area contributed by atoms with Gasteiger partial charge < -0.3 is 10.6 Å². The largest absolute Gasteiger partial charge is 0.341 e. The number of benzene rings is 1. The van der Waals surface area contributed by atoms with E-state index in [1.807, 2.05) is 33.0 Å². The van der Waals surface area contributed by atoms with Crippen LogP contribution in [-0.4, -0.2) is 23.9 Å². The van der Waals surface area contributed by atoms with Crippen molar-refractivity contribution in [3.8, 4) is 0 Å². The highest BCUT2D eigenvalue weighted by Crippen LogP contribution is 2.11. The Hall–Kier alpha value is -1.35. The fourth-order valence-electron chi connectivity index (χ4n) is 1.72. The van der Waals surface area contributed by atoms with Crippen LogP contribution in [0.5, 0.6) is 0 Å². The standard InChI is InChI=1S/C15H24N2O/c1-11(2)14(16)9-15(18)17(4)10-13-8-6-5-7-12(13)3/h5-8,11,14H,9-10,16H2,1-4H3. The second kappa shape index (κ2) is 6.55. The van der Waals surface area contributed by atoms with Gasteiger partial charge in [0.15, 0.2) is 0 Å². The summed E-state index contributed by atoms with van der Waals surface area (Å²) in [5, 5.41) is 0. The normalized spacial score (nSPS) is 12.6. The molecule has 3 heteroatoms. The number of hydrogen-bond acceptors (Lipinski definition) is 2. The summed E-state index contributed by atoms with van der Waals surface area (Å²) < 4.78 is 0. The Labute approximate surface area is 110 Å². The lowest BCUT2D eigenvalue weighted by Crippen LogP contribution is -2.35. The molecule has 1 rings (SSSR count). The summed E-state index contributed by atoms with van der Waals surface area (Å²) in [6, 6.07) is 8.07. The zero-order valence-electron chi connectivity index (χ0n) is 11.8. The first-order chi connectivity index (χ1) is 8.41. The maximum atomic E-state index is 12.0.